The van der Waals surface area contributed by atoms with E-state index in [0.29, 0.717) is 0 Å². The van der Waals surface area contributed by atoms with Crippen molar-refractivity contribution in [2.75, 3.05) is 4.90 Å². The molecule has 0 bridgehead atoms. The molecule has 0 aromatic heterocycles. The number of rotatable bonds is 5. The zero-order valence-corrected chi connectivity index (χ0v) is 18.5. The van der Waals surface area contributed by atoms with Gasteiger partial charge < -0.3 is 4.90 Å². The van der Waals surface area contributed by atoms with Gasteiger partial charge in [0.2, 0.25) is 0 Å². The third kappa shape index (κ3) is 4.95. The Morgan fingerprint density at radius 1 is 0.548 bits per heavy atom. The van der Waals surface area contributed by atoms with Gasteiger partial charge >= 0.3 is 0 Å². The molecule has 0 aliphatic heterocycles. The zero-order valence-electron chi connectivity index (χ0n) is 18.5. The van der Waals surface area contributed by atoms with Crippen LogP contribution in [-0.4, -0.2) is 0 Å². The summed E-state index contributed by atoms with van der Waals surface area (Å²) < 4.78 is 0. The molecule has 0 amide bonds. The Labute approximate surface area is 186 Å². The van der Waals surface area contributed by atoms with Crippen molar-refractivity contribution in [2.45, 2.75) is 26.2 Å². The zero-order chi connectivity index (χ0) is 21.7. The van der Waals surface area contributed by atoms with Crippen molar-refractivity contribution in [3.63, 3.8) is 0 Å². The summed E-state index contributed by atoms with van der Waals surface area (Å²) in [5.74, 6) is 0. The second-order valence-corrected chi connectivity index (χ2v) is 8.77. The molecule has 0 unspecified atom stereocenters. The molecule has 0 saturated carbocycles. The lowest BCUT2D eigenvalue weighted by Crippen LogP contribution is -2.11. The first-order valence-corrected chi connectivity index (χ1v) is 10.8. The van der Waals surface area contributed by atoms with Gasteiger partial charge in [0.15, 0.2) is 0 Å². The summed E-state index contributed by atoms with van der Waals surface area (Å²) in [5, 5.41) is 0. The van der Waals surface area contributed by atoms with E-state index in [1.165, 1.54) is 16.7 Å². The van der Waals surface area contributed by atoms with Crippen molar-refractivity contribution in [1.82, 2.24) is 0 Å². The van der Waals surface area contributed by atoms with Gasteiger partial charge in [0, 0.05) is 11.4 Å². The van der Waals surface area contributed by atoms with Crippen molar-refractivity contribution in [1.29, 1.82) is 0 Å². The van der Waals surface area contributed by atoms with Crippen molar-refractivity contribution >= 4 is 29.2 Å². The number of hydrogen-bond acceptors (Lipinski definition) is 1. The van der Waals surface area contributed by atoms with Crippen LogP contribution in [0.25, 0.3) is 12.2 Å². The van der Waals surface area contributed by atoms with E-state index in [2.05, 4.69) is 147 Å². The predicted octanol–water partition coefficient (Wildman–Crippen LogP) is 8.62. The fourth-order valence-electron chi connectivity index (χ4n) is 3.69. The summed E-state index contributed by atoms with van der Waals surface area (Å²) in [5.41, 5.74) is 7.34. The second kappa shape index (κ2) is 9.06. The van der Waals surface area contributed by atoms with Gasteiger partial charge in [0.25, 0.3) is 0 Å². The highest BCUT2D eigenvalue weighted by Gasteiger charge is 2.14. The van der Waals surface area contributed by atoms with Gasteiger partial charge in [-0.05, 0) is 52.4 Å². The lowest BCUT2D eigenvalue weighted by atomic mass is 9.87. The van der Waals surface area contributed by atoms with Crippen LogP contribution in [0.2, 0.25) is 0 Å². The van der Waals surface area contributed by atoms with Crippen LogP contribution in [0.15, 0.2) is 109 Å². The second-order valence-electron chi connectivity index (χ2n) is 8.77. The molecule has 0 heterocycles. The standard InChI is InChI=1S/C30H29N/c1-30(2,3)26-22-19-24(20-23-26)18-21-25-12-10-11-17-29(25)31(27-13-6-4-7-14-27)28-15-8-5-9-16-28/h4-23H,1-3H3. The molecule has 0 saturated heterocycles. The first kappa shape index (κ1) is 20.7. The Morgan fingerprint density at radius 2 is 1.06 bits per heavy atom. The van der Waals surface area contributed by atoms with Gasteiger partial charge in [-0.1, -0.05) is 112 Å². The van der Waals surface area contributed by atoms with Gasteiger partial charge in [0.1, 0.15) is 0 Å². The molecule has 0 atom stereocenters. The quantitative estimate of drug-likeness (QED) is 0.301. The van der Waals surface area contributed by atoms with E-state index in [9.17, 15) is 0 Å². The molecule has 4 aromatic rings. The number of nitrogens with zero attached hydrogens (tertiary/aromatic N) is 1. The number of anilines is 3. The Kier molecular flexibility index (Phi) is 6.04. The minimum Gasteiger partial charge on any atom is -0.310 e. The van der Waals surface area contributed by atoms with Gasteiger partial charge in [-0.3, -0.25) is 0 Å². The molecule has 154 valence electrons. The Hall–Kier alpha value is -3.58. The Bertz CT molecular complexity index is 1090. The van der Waals surface area contributed by atoms with Gasteiger partial charge in [-0.15, -0.1) is 0 Å². The molecule has 0 N–H and O–H groups in total. The molecular formula is C30H29N. The van der Waals surface area contributed by atoms with Crippen molar-refractivity contribution in [3.8, 4) is 0 Å². The fourth-order valence-corrected chi connectivity index (χ4v) is 3.69. The van der Waals surface area contributed by atoms with Crippen LogP contribution in [0.4, 0.5) is 17.1 Å². The summed E-state index contributed by atoms with van der Waals surface area (Å²) >= 11 is 0. The van der Waals surface area contributed by atoms with Crippen LogP contribution in [0, 0.1) is 0 Å². The monoisotopic (exact) mass is 403 g/mol. The van der Waals surface area contributed by atoms with Crippen LogP contribution >= 0.6 is 0 Å². The topological polar surface area (TPSA) is 3.24 Å². The molecule has 4 aromatic carbocycles. The smallest absolute Gasteiger partial charge is 0.0533 e. The van der Waals surface area contributed by atoms with E-state index in [-0.39, 0.29) is 5.41 Å². The average Bonchev–Trinajstić information content (AvgIpc) is 2.80. The highest BCUT2D eigenvalue weighted by atomic mass is 15.1. The summed E-state index contributed by atoms with van der Waals surface area (Å²) in [4.78, 5) is 2.31. The van der Waals surface area contributed by atoms with Crippen LogP contribution in [0.1, 0.15) is 37.5 Å². The van der Waals surface area contributed by atoms with Crippen LogP contribution in [0.3, 0.4) is 0 Å². The van der Waals surface area contributed by atoms with Gasteiger partial charge in [-0.25, -0.2) is 0 Å². The molecular weight excluding hydrogens is 374 g/mol. The summed E-state index contributed by atoms with van der Waals surface area (Å²) in [6.07, 6.45) is 4.40. The van der Waals surface area contributed by atoms with E-state index < -0.39 is 0 Å². The maximum absolute atomic E-state index is 2.31. The van der Waals surface area contributed by atoms with E-state index in [0.717, 1.165) is 17.1 Å². The fraction of sp³-hybridized carbons (Fsp3) is 0.133. The van der Waals surface area contributed by atoms with Crippen molar-refractivity contribution < 1.29 is 0 Å². The third-order valence-electron chi connectivity index (χ3n) is 5.44. The third-order valence-corrected chi connectivity index (χ3v) is 5.44. The van der Waals surface area contributed by atoms with Crippen molar-refractivity contribution in [3.05, 3.63) is 126 Å². The number of benzene rings is 4. The van der Waals surface area contributed by atoms with E-state index in [1.807, 2.05) is 0 Å². The van der Waals surface area contributed by atoms with Crippen LogP contribution in [-0.2, 0) is 5.41 Å². The van der Waals surface area contributed by atoms with Gasteiger partial charge in [0.05, 0.1) is 5.69 Å². The van der Waals surface area contributed by atoms with Crippen LogP contribution < -0.4 is 4.90 Å². The highest BCUT2D eigenvalue weighted by Crippen LogP contribution is 2.36. The minimum absolute atomic E-state index is 0.167. The lowest BCUT2D eigenvalue weighted by molar-refractivity contribution is 0.590. The largest absolute Gasteiger partial charge is 0.310 e. The summed E-state index contributed by atoms with van der Waals surface area (Å²) in [6, 6.07) is 38.5. The van der Waals surface area contributed by atoms with E-state index >= 15 is 0 Å². The number of hydrogen-bond donors (Lipinski definition) is 0. The maximum atomic E-state index is 2.31. The summed E-state index contributed by atoms with van der Waals surface area (Å²) in [7, 11) is 0. The van der Waals surface area contributed by atoms with E-state index in [4.69, 9.17) is 0 Å². The molecule has 0 aliphatic rings. The molecule has 1 heteroatoms. The Balaban J connectivity index is 1.72. The molecule has 0 spiro atoms. The molecule has 4 rings (SSSR count). The molecule has 31 heavy (non-hydrogen) atoms. The average molecular weight is 404 g/mol. The summed E-state index contributed by atoms with van der Waals surface area (Å²) in [6.45, 7) is 6.74. The van der Waals surface area contributed by atoms with E-state index in [1.54, 1.807) is 0 Å². The lowest BCUT2D eigenvalue weighted by Gasteiger charge is -2.27. The van der Waals surface area contributed by atoms with Gasteiger partial charge in [-0.2, -0.15) is 0 Å². The van der Waals surface area contributed by atoms with Crippen molar-refractivity contribution in [2.24, 2.45) is 0 Å². The highest BCUT2D eigenvalue weighted by molar-refractivity contribution is 5.85. The first-order valence-electron chi connectivity index (χ1n) is 10.8. The van der Waals surface area contributed by atoms with Crippen LogP contribution in [0.5, 0.6) is 0 Å². The number of para-hydroxylation sites is 3. The maximum Gasteiger partial charge on any atom is 0.0533 e. The Morgan fingerprint density at radius 3 is 1.61 bits per heavy atom. The molecule has 1 nitrogen and oxygen atoms in total. The molecule has 0 aliphatic carbocycles. The SMILES string of the molecule is CC(C)(C)c1ccc(C=Cc2ccccc2N(c2ccccc2)c2ccccc2)cc1. The minimum atomic E-state index is 0.167. The first-order chi connectivity index (χ1) is 15.0. The normalized spacial score (nSPS) is 11.6. The predicted molar refractivity (Wildman–Crippen MR) is 135 cm³/mol. The molecule has 0 radical (unpaired) electrons. The molecule has 0 fully saturated rings.